The van der Waals surface area contributed by atoms with Crippen LogP contribution in [0.15, 0.2) is 22.8 Å². The molecule has 64 valence electrons. The average molecular weight is 166 g/mol. The zero-order valence-corrected chi connectivity index (χ0v) is 7.03. The van der Waals surface area contributed by atoms with Crippen LogP contribution in [0.2, 0.25) is 0 Å². The lowest BCUT2D eigenvalue weighted by atomic mass is 10.2. The number of furan rings is 1. The first-order chi connectivity index (χ1) is 5.74. The number of carbonyl (C=O) groups excluding carboxylic acids is 1. The van der Waals surface area contributed by atoms with E-state index in [1.165, 1.54) is 13.2 Å². The van der Waals surface area contributed by atoms with Crippen molar-refractivity contribution in [2.45, 2.75) is 6.92 Å². The fourth-order valence-electron chi connectivity index (χ4n) is 0.794. The van der Waals surface area contributed by atoms with Crippen molar-refractivity contribution in [3.05, 3.63) is 29.7 Å². The Labute approximate surface area is 70.6 Å². The quantitative estimate of drug-likeness (QED) is 0.496. The molecule has 0 bridgehead atoms. The van der Waals surface area contributed by atoms with Crippen molar-refractivity contribution in [3.63, 3.8) is 0 Å². The molecule has 1 aromatic heterocycles. The number of hydrogen-bond acceptors (Lipinski definition) is 3. The summed E-state index contributed by atoms with van der Waals surface area (Å²) < 4.78 is 9.46. The third kappa shape index (κ3) is 1.99. The minimum absolute atomic E-state index is 0.365. The predicted octanol–water partition coefficient (Wildman–Crippen LogP) is 1.77. The highest BCUT2D eigenvalue weighted by Gasteiger charge is 1.97. The number of aryl methyl sites for hydroxylation is 1. The molecule has 3 nitrogen and oxygen atoms in total. The van der Waals surface area contributed by atoms with Crippen LogP contribution in [0.1, 0.15) is 11.3 Å². The van der Waals surface area contributed by atoms with Crippen LogP contribution in [0.4, 0.5) is 0 Å². The Hall–Kier alpha value is -1.51. The first-order valence-electron chi connectivity index (χ1n) is 3.54. The monoisotopic (exact) mass is 166 g/mol. The summed E-state index contributed by atoms with van der Waals surface area (Å²) in [7, 11) is 1.34. The topological polar surface area (TPSA) is 39.4 Å². The van der Waals surface area contributed by atoms with Gasteiger partial charge < -0.3 is 9.15 Å². The molecule has 0 N–H and O–H groups in total. The van der Waals surface area contributed by atoms with Crippen molar-refractivity contribution in [3.8, 4) is 0 Å². The van der Waals surface area contributed by atoms with E-state index in [4.69, 9.17) is 4.42 Å². The lowest BCUT2D eigenvalue weighted by Gasteiger charge is -1.89. The molecule has 0 aliphatic carbocycles. The highest BCUT2D eigenvalue weighted by molar-refractivity contribution is 5.87. The van der Waals surface area contributed by atoms with Crippen LogP contribution in [-0.2, 0) is 9.53 Å². The number of rotatable bonds is 2. The highest BCUT2D eigenvalue weighted by Crippen LogP contribution is 2.10. The molecular formula is C9H10O3. The number of methoxy groups -OCH3 is 1. The lowest BCUT2D eigenvalue weighted by molar-refractivity contribution is -0.134. The maximum absolute atomic E-state index is 10.7. The molecule has 0 saturated carbocycles. The molecule has 3 heteroatoms. The average Bonchev–Trinajstić information content (AvgIpc) is 2.47. The largest absolute Gasteiger partial charge is 0.469 e. The van der Waals surface area contributed by atoms with Crippen LogP contribution in [0.3, 0.4) is 0 Å². The molecular weight excluding hydrogens is 156 g/mol. The SMILES string of the molecule is COC(=O)/C=C/c1ccoc1C. The Bertz CT molecular complexity index is 296. The number of carbonyl (C=O) groups is 1. The Morgan fingerprint density at radius 2 is 2.42 bits per heavy atom. The number of hydrogen-bond donors (Lipinski definition) is 0. The van der Waals surface area contributed by atoms with E-state index in [1.807, 2.05) is 6.92 Å². The lowest BCUT2D eigenvalue weighted by Crippen LogP contribution is -1.93. The van der Waals surface area contributed by atoms with Crippen molar-refractivity contribution < 1.29 is 13.9 Å². The van der Waals surface area contributed by atoms with E-state index in [-0.39, 0.29) is 5.97 Å². The zero-order valence-electron chi connectivity index (χ0n) is 7.03. The summed E-state index contributed by atoms with van der Waals surface area (Å²) >= 11 is 0. The molecule has 0 atom stereocenters. The molecule has 0 spiro atoms. The summed E-state index contributed by atoms with van der Waals surface area (Å²) in [6, 6.07) is 1.79. The second kappa shape index (κ2) is 3.76. The van der Waals surface area contributed by atoms with Crippen LogP contribution in [0.25, 0.3) is 6.08 Å². The summed E-state index contributed by atoms with van der Waals surface area (Å²) in [5.74, 6) is 0.422. The fourth-order valence-corrected chi connectivity index (χ4v) is 0.794. The van der Waals surface area contributed by atoms with Gasteiger partial charge >= 0.3 is 5.97 Å². The summed E-state index contributed by atoms with van der Waals surface area (Å²) in [6.45, 7) is 1.83. The van der Waals surface area contributed by atoms with E-state index in [0.717, 1.165) is 11.3 Å². The summed E-state index contributed by atoms with van der Waals surface area (Å²) in [4.78, 5) is 10.7. The van der Waals surface area contributed by atoms with Crippen molar-refractivity contribution in [2.24, 2.45) is 0 Å². The normalized spacial score (nSPS) is 10.5. The summed E-state index contributed by atoms with van der Waals surface area (Å²) in [6.07, 6.45) is 4.59. The molecule has 0 aromatic carbocycles. The predicted molar refractivity (Wildman–Crippen MR) is 44.5 cm³/mol. The smallest absolute Gasteiger partial charge is 0.330 e. The van der Waals surface area contributed by atoms with Gasteiger partial charge in [0, 0.05) is 11.6 Å². The zero-order chi connectivity index (χ0) is 8.97. The Morgan fingerprint density at radius 1 is 1.67 bits per heavy atom. The first-order valence-corrected chi connectivity index (χ1v) is 3.54. The van der Waals surface area contributed by atoms with Gasteiger partial charge in [0.05, 0.1) is 13.4 Å². The van der Waals surface area contributed by atoms with Gasteiger partial charge in [-0.1, -0.05) is 0 Å². The standard InChI is InChI=1S/C9H10O3/c1-7-8(5-6-12-7)3-4-9(10)11-2/h3-6H,1-2H3/b4-3+. The van der Waals surface area contributed by atoms with Gasteiger partial charge in [-0.3, -0.25) is 0 Å². The van der Waals surface area contributed by atoms with Gasteiger partial charge in [0.25, 0.3) is 0 Å². The minimum Gasteiger partial charge on any atom is -0.469 e. The van der Waals surface area contributed by atoms with Crippen molar-refractivity contribution in [1.29, 1.82) is 0 Å². The van der Waals surface area contributed by atoms with E-state index in [1.54, 1.807) is 18.4 Å². The molecule has 0 aliphatic heterocycles. The van der Waals surface area contributed by atoms with E-state index in [0.29, 0.717) is 0 Å². The fraction of sp³-hybridized carbons (Fsp3) is 0.222. The van der Waals surface area contributed by atoms with E-state index < -0.39 is 0 Å². The molecule has 0 saturated heterocycles. The van der Waals surface area contributed by atoms with Crippen LogP contribution in [-0.4, -0.2) is 13.1 Å². The number of esters is 1. The maximum atomic E-state index is 10.7. The molecule has 0 unspecified atom stereocenters. The van der Waals surface area contributed by atoms with Crippen molar-refractivity contribution in [2.75, 3.05) is 7.11 Å². The third-order valence-corrected chi connectivity index (χ3v) is 1.50. The molecule has 1 rings (SSSR count). The van der Waals surface area contributed by atoms with E-state index >= 15 is 0 Å². The van der Waals surface area contributed by atoms with Gasteiger partial charge in [-0.25, -0.2) is 4.79 Å². The van der Waals surface area contributed by atoms with Gasteiger partial charge in [-0.2, -0.15) is 0 Å². The van der Waals surface area contributed by atoms with Gasteiger partial charge in [-0.05, 0) is 19.1 Å². The minimum atomic E-state index is -0.365. The second-order valence-corrected chi connectivity index (χ2v) is 2.29. The van der Waals surface area contributed by atoms with Crippen LogP contribution in [0.5, 0.6) is 0 Å². The molecule has 0 fully saturated rings. The molecule has 0 radical (unpaired) electrons. The van der Waals surface area contributed by atoms with Crippen LogP contribution in [0, 0.1) is 6.92 Å². The molecule has 12 heavy (non-hydrogen) atoms. The van der Waals surface area contributed by atoms with Gasteiger partial charge in [0.2, 0.25) is 0 Å². The van der Waals surface area contributed by atoms with Gasteiger partial charge in [0.1, 0.15) is 5.76 Å². The van der Waals surface area contributed by atoms with Gasteiger partial charge in [0.15, 0.2) is 0 Å². The molecule has 1 heterocycles. The highest BCUT2D eigenvalue weighted by atomic mass is 16.5. The van der Waals surface area contributed by atoms with Gasteiger partial charge in [-0.15, -0.1) is 0 Å². The van der Waals surface area contributed by atoms with Crippen LogP contribution >= 0.6 is 0 Å². The first kappa shape index (κ1) is 8.59. The Balaban J connectivity index is 2.69. The Kier molecular flexibility index (Phi) is 2.69. The number of ether oxygens (including phenoxy) is 1. The maximum Gasteiger partial charge on any atom is 0.330 e. The summed E-state index contributed by atoms with van der Waals surface area (Å²) in [5.41, 5.74) is 0.889. The van der Waals surface area contributed by atoms with Crippen LogP contribution < -0.4 is 0 Å². The molecule has 0 amide bonds. The van der Waals surface area contributed by atoms with Crippen molar-refractivity contribution in [1.82, 2.24) is 0 Å². The van der Waals surface area contributed by atoms with Crippen molar-refractivity contribution >= 4 is 12.0 Å². The third-order valence-electron chi connectivity index (χ3n) is 1.50. The second-order valence-electron chi connectivity index (χ2n) is 2.29. The van der Waals surface area contributed by atoms with E-state index in [9.17, 15) is 4.79 Å². The van der Waals surface area contributed by atoms with E-state index in [2.05, 4.69) is 4.74 Å². The Morgan fingerprint density at radius 3 is 2.92 bits per heavy atom. The molecule has 1 aromatic rings. The molecule has 0 aliphatic rings. The summed E-state index contributed by atoms with van der Waals surface area (Å²) in [5, 5.41) is 0.